The van der Waals surface area contributed by atoms with Gasteiger partial charge < -0.3 is 9.84 Å². The first-order chi connectivity index (χ1) is 8.18. The van der Waals surface area contributed by atoms with Crippen LogP contribution in [0.4, 0.5) is 0 Å². The van der Waals surface area contributed by atoms with Gasteiger partial charge in [-0.15, -0.1) is 6.58 Å². The maximum Gasteiger partial charge on any atom is 0.119 e. The average molecular weight is 252 g/mol. The summed E-state index contributed by atoms with van der Waals surface area (Å²) in [6.45, 7) is 6.22. The average Bonchev–Trinajstić information content (AvgIpc) is 2.33. The van der Waals surface area contributed by atoms with Crippen LogP contribution in [0.5, 0.6) is 5.75 Å². The molecule has 1 atom stereocenters. The van der Waals surface area contributed by atoms with E-state index >= 15 is 0 Å². The first-order valence-corrected chi connectivity index (χ1v) is 6.92. The highest BCUT2D eigenvalue weighted by atomic mass is 32.2. The lowest BCUT2D eigenvalue weighted by molar-refractivity contribution is 0.126. The molecule has 0 aliphatic rings. The number of hydrogen-bond donors (Lipinski definition) is 1. The Kier molecular flexibility index (Phi) is 6.82. The van der Waals surface area contributed by atoms with Gasteiger partial charge in [0.2, 0.25) is 0 Å². The van der Waals surface area contributed by atoms with Gasteiger partial charge in [0, 0.05) is 5.75 Å². The SMILES string of the molecule is C=C(C)CCSCC(O)COc1ccccc1. The Labute approximate surface area is 108 Å². The highest BCUT2D eigenvalue weighted by molar-refractivity contribution is 7.99. The molecule has 1 aromatic carbocycles. The zero-order valence-electron chi connectivity index (χ0n) is 10.3. The largest absolute Gasteiger partial charge is 0.491 e. The van der Waals surface area contributed by atoms with Crippen molar-refractivity contribution >= 4 is 11.8 Å². The topological polar surface area (TPSA) is 29.5 Å². The van der Waals surface area contributed by atoms with E-state index in [-0.39, 0.29) is 0 Å². The molecule has 1 rings (SSSR count). The predicted octanol–water partition coefficient (Wildman–Crippen LogP) is 3.13. The van der Waals surface area contributed by atoms with Crippen LogP contribution in [0.15, 0.2) is 42.5 Å². The van der Waals surface area contributed by atoms with Gasteiger partial charge in [0.05, 0.1) is 6.10 Å². The molecule has 0 aliphatic heterocycles. The molecular weight excluding hydrogens is 232 g/mol. The molecular formula is C14H20O2S. The number of benzene rings is 1. The first kappa shape index (κ1) is 14.1. The molecule has 0 bridgehead atoms. The lowest BCUT2D eigenvalue weighted by atomic mass is 10.3. The Balaban J connectivity index is 2.09. The van der Waals surface area contributed by atoms with Crippen molar-refractivity contribution in [3.8, 4) is 5.75 Å². The van der Waals surface area contributed by atoms with Crippen LogP contribution < -0.4 is 4.74 Å². The summed E-state index contributed by atoms with van der Waals surface area (Å²) in [4.78, 5) is 0. The molecule has 0 heterocycles. The van der Waals surface area contributed by atoms with Crippen LogP contribution in [0.2, 0.25) is 0 Å². The van der Waals surface area contributed by atoms with Crippen LogP contribution in [0.3, 0.4) is 0 Å². The Bertz CT molecular complexity index is 324. The van der Waals surface area contributed by atoms with Crippen LogP contribution in [-0.2, 0) is 0 Å². The van der Waals surface area contributed by atoms with Gasteiger partial charge in [-0.3, -0.25) is 0 Å². The molecule has 0 fully saturated rings. The van der Waals surface area contributed by atoms with E-state index in [4.69, 9.17) is 4.74 Å². The molecule has 3 heteroatoms. The fourth-order valence-corrected chi connectivity index (χ4v) is 2.25. The lowest BCUT2D eigenvalue weighted by Crippen LogP contribution is -2.20. The van der Waals surface area contributed by atoms with Crippen LogP contribution in [0, 0.1) is 0 Å². The zero-order valence-corrected chi connectivity index (χ0v) is 11.1. The van der Waals surface area contributed by atoms with Crippen molar-refractivity contribution in [3.05, 3.63) is 42.5 Å². The van der Waals surface area contributed by atoms with Gasteiger partial charge >= 0.3 is 0 Å². The zero-order chi connectivity index (χ0) is 12.5. The first-order valence-electron chi connectivity index (χ1n) is 5.76. The maximum absolute atomic E-state index is 9.71. The number of para-hydroxylation sites is 1. The van der Waals surface area contributed by atoms with E-state index in [9.17, 15) is 5.11 Å². The molecule has 0 radical (unpaired) electrons. The van der Waals surface area contributed by atoms with Crippen molar-refractivity contribution in [2.75, 3.05) is 18.1 Å². The molecule has 2 nitrogen and oxygen atoms in total. The molecule has 0 saturated carbocycles. The standard InChI is InChI=1S/C14H20O2S/c1-12(2)8-9-17-11-13(15)10-16-14-6-4-3-5-7-14/h3-7,13,15H,1,8-11H2,2H3. The molecule has 0 spiro atoms. The predicted molar refractivity (Wildman–Crippen MR) is 74.7 cm³/mol. The van der Waals surface area contributed by atoms with Crippen molar-refractivity contribution in [1.29, 1.82) is 0 Å². The fourth-order valence-electron chi connectivity index (χ4n) is 1.22. The molecule has 17 heavy (non-hydrogen) atoms. The maximum atomic E-state index is 9.71. The number of allylic oxidation sites excluding steroid dienone is 1. The number of hydrogen-bond acceptors (Lipinski definition) is 3. The number of thioether (sulfide) groups is 1. The van der Waals surface area contributed by atoms with Crippen LogP contribution in [0.1, 0.15) is 13.3 Å². The van der Waals surface area contributed by atoms with Gasteiger partial charge in [0.1, 0.15) is 12.4 Å². The van der Waals surface area contributed by atoms with Crippen LogP contribution in [-0.4, -0.2) is 29.3 Å². The highest BCUT2D eigenvalue weighted by Crippen LogP contribution is 2.11. The Morgan fingerprint density at radius 1 is 1.41 bits per heavy atom. The lowest BCUT2D eigenvalue weighted by Gasteiger charge is -2.11. The minimum atomic E-state index is -0.412. The van der Waals surface area contributed by atoms with Gasteiger partial charge in [-0.25, -0.2) is 0 Å². The second-order valence-electron chi connectivity index (χ2n) is 4.06. The van der Waals surface area contributed by atoms with E-state index in [2.05, 4.69) is 6.58 Å². The summed E-state index contributed by atoms with van der Waals surface area (Å²) in [6, 6.07) is 9.56. The molecule has 0 saturated heterocycles. The van der Waals surface area contributed by atoms with E-state index in [1.165, 1.54) is 5.57 Å². The summed E-state index contributed by atoms with van der Waals surface area (Å²) in [7, 11) is 0. The van der Waals surface area contributed by atoms with E-state index in [0.29, 0.717) is 12.4 Å². The minimum absolute atomic E-state index is 0.351. The van der Waals surface area contributed by atoms with E-state index < -0.39 is 6.10 Å². The van der Waals surface area contributed by atoms with Gasteiger partial charge in [-0.2, -0.15) is 11.8 Å². The third-order valence-corrected chi connectivity index (χ3v) is 3.28. The monoisotopic (exact) mass is 252 g/mol. The summed E-state index contributed by atoms with van der Waals surface area (Å²) in [5.41, 5.74) is 1.19. The molecule has 0 amide bonds. The highest BCUT2D eigenvalue weighted by Gasteiger charge is 2.05. The molecule has 1 aromatic rings. The molecule has 0 aliphatic carbocycles. The van der Waals surface area contributed by atoms with Crippen LogP contribution >= 0.6 is 11.8 Å². The quantitative estimate of drug-likeness (QED) is 0.569. The second kappa shape index (κ2) is 8.20. The summed E-state index contributed by atoms with van der Waals surface area (Å²) in [6.07, 6.45) is 0.599. The normalized spacial score (nSPS) is 12.1. The summed E-state index contributed by atoms with van der Waals surface area (Å²) >= 11 is 1.73. The number of aliphatic hydroxyl groups excluding tert-OH is 1. The minimum Gasteiger partial charge on any atom is -0.491 e. The van der Waals surface area contributed by atoms with E-state index in [1.54, 1.807) is 11.8 Å². The Morgan fingerprint density at radius 2 is 2.12 bits per heavy atom. The van der Waals surface area contributed by atoms with Crippen molar-refractivity contribution < 1.29 is 9.84 Å². The van der Waals surface area contributed by atoms with Crippen molar-refractivity contribution in [1.82, 2.24) is 0 Å². The molecule has 1 N–H and O–H groups in total. The van der Waals surface area contributed by atoms with E-state index in [1.807, 2.05) is 37.3 Å². The molecule has 94 valence electrons. The van der Waals surface area contributed by atoms with Crippen molar-refractivity contribution in [2.24, 2.45) is 0 Å². The van der Waals surface area contributed by atoms with Crippen molar-refractivity contribution in [2.45, 2.75) is 19.4 Å². The fraction of sp³-hybridized carbons (Fsp3) is 0.429. The number of ether oxygens (including phenoxy) is 1. The van der Waals surface area contributed by atoms with Gasteiger partial charge in [0.15, 0.2) is 0 Å². The van der Waals surface area contributed by atoms with E-state index in [0.717, 1.165) is 17.9 Å². The summed E-state index contributed by atoms with van der Waals surface area (Å²) in [5, 5.41) is 9.71. The third-order valence-electron chi connectivity index (χ3n) is 2.17. The Morgan fingerprint density at radius 3 is 2.76 bits per heavy atom. The smallest absolute Gasteiger partial charge is 0.119 e. The van der Waals surface area contributed by atoms with Gasteiger partial charge in [-0.1, -0.05) is 23.8 Å². The number of aliphatic hydroxyl groups is 1. The summed E-state index contributed by atoms with van der Waals surface area (Å²) < 4.78 is 5.47. The Hall–Kier alpha value is -0.930. The molecule has 1 unspecified atom stereocenters. The third kappa shape index (κ3) is 7.08. The summed E-state index contributed by atoms with van der Waals surface area (Å²) in [5.74, 6) is 2.52. The van der Waals surface area contributed by atoms with Crippen LogP contribution in [0.25, 0.3) is 0 Å². The van der Waals surface area contributed by atoms with Gasteiger partial charge in [0.25, 0.3) is 0 Å². The second-order valence-corrected chi connectivity index (χ2v) is 5.21. The molecule has 0 aromatic heterocycles. The number of rotatable bonds is 8. The van der Waals surface area contributed by atoms with Gasteiger partial charge in [-0.05, 0) is 31.2 Å². The van der Waals surface area contributed by atoms with Crippen molar-refractivity contribution in [3.63, 3.8) is 0 Å².